The van der Waals surface area contributed by atoms with Crippen LogP contribution in [0.4, 0.5) is 5.82 Å². The highest BCUT2D eigenvalue weighted by Gasteiger charge is 2.10. The number of nitrogens with zero attached hydrogens (tertiary/aromatic N) is 3. The van der Waals surface area contributed by atoms with E-state index < -0.39 is 5.91 Å². The second-order valence-corrected chi connectivity index (χ2v) is 6.21. The predicted octanol–water partition coefficient (Wildman–Crippen LogP) is 3.23. The van der Waals surface area contributed by atoms with Crippen LogP contribution in [0.25, 0.3) is 39.5 Å². The lowest BCUT2D eigenvalue weighted by Gasteiger charge is -2.05. The maximum absolute atomic E-state index is 11.0. The molecule has 1 amide bonds. The Hall–Kier alpha value is -4.00. The van der Waals surface area contributed by atoms with Crippen LogP contribution < -0.4 is 11.1 Å². The molecule has 0 saturated heterocycles. The first-order chi connectivity index (χ1) is 13.6. The Morgan fingerprint density at radius 1 is 1.11 bits per heavy atom. The highest BCUT2D eigenvalue weighted by Crippen LogP contribution is 2.31. The summed E-state index contributed by atoms with van der Waals surface area (Å²) in [4.78, 5) is 27.4. The van der Waals surface area contributed by atoms with Crippen molar-refractivity contribution in [3.8, 4) is 22.4 Å². The fourth-order valence-corrected chi connectivity index (χ4v) is 3.00. The van der Waals surface area contributed by atoms with E-state index in [9.17, 15) is 4.79 Å². The zero-order chi connectivity index (χ0) is 19.5. The van der Waals surface area contributed by atoms with Crippen molar-refractivity contribution in [2.24, 2.45) is 5.73 Å². The van der Waals surface area contributed by atoms with Gasteiger partial charge >= 0.3 is 0 Å². The molecule has 7 nitrogen and oxygen atoms in total. The molecule has 4 aromatic rings. The summed E-state index contributed by atoms with van der Waals surface area (Å²) in [7, 11) is 1.84. The van der Waals surface area contributed by atoms with Crippen molar-refractivity contribution in [2.75, 3.05) is 12.4 Å². The number of H-pyrrole nitrogens is 1. The van der Waals surface area contributed by atoms with Gasteiger partial charge in [-0.1, -0.05) is 0 Å². The first-order valence-electron chi connectivity index (χ1n) is 8.69. The normalized spacial score (nSPS) is 11.2. The quantitative estimate of drug-likeness (QED) is 0.467. The number of carbonyl (C=O) groups is 1. The molecular weight excluding hydrogens is 352 g/mol. The van der Waals surface area contributed by atoms with Gasteiger partial charge in [0.05, 0.1) is 5.69 Å². The zero-order valence-electron chi connectivity index (χ0n) is 15.2. The predicted molar refractivity (Wildman–Crippen MR) is 110 cm³/mol. The van der Waals surface area contributed by atoms with E-state index in [1.165, 1.54) is 6.08 Å². The summed E-state index contributed by atoms with van der Waals surface area (Å²) in [6.07, 6.45) is 10.2. The molecule has 0 fully saturated rings. The molecule has 0 saturated carbocycles. The third-order valence-corrected chi connectivity index (χ3v) is 4.38. The van der Waals surface area contributed by atoms with E-state index in [0.29, 0.717) is 0 Å². The zero-order valence-corrected chi connectivity index (χ0v) is 15.2. The van der Waals surface area contributed by atoms with Gasteiger partial charge in [-0.25, -0.2) is 9.97 Å². The summed E-state index contributed by atoms with van der Waals surface area (Å²) in [5.74, 6) is 0.309. The third kappa shape index (κ3) is 3.45. The van der Waals surface area contributed by atoms with Crippen molar-refractivity contribution in [2.45, 2.75) is 0 Å². The van der Waals surface area contributed by atoms with Crippen LogP contribution in [0.5, 0.6) is 0 Å². The minimum Gasteiger partial charge on any atom is -0.373 e. The Labute approximate surface area is 161 Å². The maximum Gasteiger partial charge on any atom is 0.241 e. The first kappa shape index (κ1) is 17.4. The molecule has 28 heavy (non-hydrogen) atoms. The molecule has 0 aromatic carbocycles. The number of nitrogens with two attached hydrogens (primary N) is 1. The first-order valence-corrected chi connectivity index (χ1v) is 8.69. The van der Waals surface area contributed by atoms with E-state index in [2.05, 4.69) is 31.3 Å². The van der Waals surface area contributed by atoms with Crippen LogP contribution in [0, 0.1) is 0 Å². The molecule has 0 aliphatic heterocycles. The smallest absolute Gasteiger partial charge is 0.241 e. The lowest BCUT2D eigenvalue weighted by Crippen LogP contribution is -2.05. The Kier molecular flexibility index (Phi) is 4.55. The molecule has 0 spiro atoms. The van der Waals surface area contributed by atoms with E-state index in [0.717, 1.165) is 44.8 Å². The summed E-state index contributed by atoms with van der Waals surface area (Å²) in [5.41, 5.74) is 10.5. The monoisotopic (exact) mass is 370 g/mol. The fraction of sp³-hybridized carbons (Fsp3) is 0.0476. The van der Waals surface area contributed by atoms with E-state index in [1.54, 1.807) is 24.7 Å². The fourth-order valence-electron chi connectivity index (χ4n) is 3.00. The summed E-state index contributed by atoms with van der Waals surface area (Å²) in [6.45, 7) is 0. The van der Waals surface area contributed by atoms with Gasteiger partial charge in [-0.2, -0.15) is 0 Å². The molecular formula is C21H18N6O. The van der Waals surface area contributed by atoms with Gasteiger partial charge in [0.15, 0.2) is 0 Å². The number of anilines is 1. The average molecular weight is 370 g/mol. The van der Waals surface area contributed by atoms with Crippen molar-refractivity contribution < 1.29 is 4.79 Å². The molecule has 0 aliphatic rings. The van der Waals surface area contributed by atoms with Crippen molar-refractivity contribution in [1.29, 1.82) is 0 Å². The van der Waals surface area contributed by atoms with Gasteiger partial charge in [-0.3, -0.25) is 9.78 Å². The van der Waals surface area contributed by atoms with Gasteiger partial charge in [0, 0.05) is 54.4 Å². The van der Waals surface area contributed by atoms with Crippen LogP contribution in [0.1, 0.15) is 5.56 Å². The topological polar surface area (TPSA) is 110 Å². The van der Waals surface area contributed by atoms with Gasteiger partial charge in [0.25, 0.3) is 0 Å². The van der Waals surface area contributed by atoms with Crippen molar-refractivity contribution in [3.05, 3.63) is 66.8 Å². The summed E-state index contributed by atoms with van der Waals surface area (Å²) in [6, 6.07) is 9.71. The standard InChI is InChI=1S/C21H18N6O/c1-23-20-10-14(5-7-25-20)17-12-27-21-16(17)9-15(11-26-21)18-8-13(4-6-24-18)2-3-19(22)28/h2-12H,1H3,(H2,22,28)(H,23,25)(H,26,27). The highest BCUT2D eigenvalue weighted by atomic mass is 16.1. The maximum atomic E-state index is 11.0. The number of pyridine rings is 3. The minimum atomic E-state index is -0.489. The summed E-state index contributed by atoms with van der Waals surface area (Å²) in [5, 5.41) is 4.05. The number of carbonyl (C=O) groups excluding carboxylic acids is 1. The van der Waals surface area contributed by atoms with Crippen LogP contribution >= 0.6 is 0 Å². The van der Waals surface area contributed by atoms with Crippen LogP contribution in [-0.2, 0) is 4.79 Å². The number of nitrogens with one attached hydrogen (secondary N) is 2. The number of fused-ring (bicyclic) bond motifs is 1. The van der Waals surface area contributed by atoms with Gasteiger partial charge in [0.1, 0.15) is 11.5 Å². The second-order valence-electron chi connectivity index (χ2n) is 6.21. The summed E-state index contributed by atoms with van der Waals surface area (Å²) < 4.78 is 0. The highest BCUT2D eigenvalue weighted by molar-refractivity contribution is 5.96. The lowest BCUT2D eigenvalue weighted by molar-refractivity contribution is -0.113. The Bertz CT molecular complexity index is 1190. The Morgan fingerprint density at radius 3 is 2.79 bits per heavy atom. The molecule has 4 rings (SSSR count). The molecule has 0 atom stereocenters. The van der Waals surface area contributed by atoms with Gasteiger partial charge in [-0.05, 0) is 47.5 Å². The molecule has 0 radical (unpaired) electrons. The number of amides is 1. The van der Waals surface area contributed by atoms with Gasteiger partial charge < -0.3 is 16.0 Å². The molecule has 7 heteroatoms. The van der Waals surface area contributed by atoms with Crippen LogP contribution in [0.2, 0.25) is 0 Å². The van der Waals surface area contributed by atoms with Crippen molar-refractivity contribution in [1.82, 2.24) is 19.9 Å². The molecule has 0 aliphatic carbocycles. The number of aromatic amines is 1. The van der Waals surface area contributed by atoms with Gasteiger partial charge in [-0.15, -0.1) is 0 Å². The lowest BCUT2D eigenvalue weighted by atomic mass is 10.0. The number of hydrogen-bond donors (Lipinski definition) is 3. The van der Waals surface area contributed by atoms with Gasteiger partial charge in [0.2, 0.25) is 5.91 Å². The van der Waals surface area contributed by atoms with Crippen LogP contribution in [0.15, 0.2) is 61.2 Å². The molecule has 4 N–H and O–H groups in total. The van der Waals surface area contributed by atoms with Crippen molar-refractivity contribution >= 4 is 28.8 Å². The molecule has 0 bridgehead atoms. The number of rotatable bonds is 5. The average Bonchev–Trinajstić information content (AvgIpc) is 3.16. The number of aromatic nitrogens is 4. The van der Waals surface area contributed by atoms with E-state index >= 15 is 0 Å². The van der Waals surface area contributed by atoms with Crippen LogP contribution in [0.3, 0.4) is 0 Å². The Balaban J connectivity index is 1.78. The van der Waals surface area contributed by atoms with E-state index in [-0.39, 0.29) is 0 Å². The molecule has 4 heterocycles. The van der Waals surface area contributed by atoms with Crippen LogP contribution in [-0.4, -0.2) is 32.9 Å². The van der Waals surface area contributed by atoms with E-state index in [1.807, 2.05) is 37.5 Å². The SMILES string of the molecule is CNc1cc(-c2c[nH]c3ncc(-c4cc(C=CC(N)=O)ccn4)cc23)ccn1. The third-order valence-electron chi connectivity index (χ3n) is 4.38. The number of hydrogen-bond acceptors (Lipinski definition) is 5. The van der Waals surface area contributed by atoms with E-state index in [4.69, 9.17) is 5.73 Å². The molecule has 0 unspecified atom stereocenters. The Morgan fingerprint density at radius 2 is 1.96 bits per heavy atom. The molecule has 138 valence electrons. The minimum absolute atomic E-state index is 0.489. The molecule has 4 aromatic heterocycles. The largest absolute Gasteiger partial charge is 0.373 e. The second kappa shape index (κ2) is 7.32. The number of primary amides is 1. The summed E-state index contributed by atoms with van der Waals surface area (Å²) >= 11 is 0. The van der Waals surface area contributed by atoms with Crippen molar-refractivity contribution in [3.63, 3.8) is 0 Å².